The van der Waals surface area contributed by atoms with E-state index in [9.17, 15) is 13.2 Å². The van der Waals surface area contributed by atoms with Gasteiger partial charge in [0.1, 0.15) is 11.5 Å². The van der Waals surface area contributed by atoms with Crippen molar-refractivity contribution in [2.45, 2.75) is 38.5 Å². The maximum absolute atomic E-state index is 12.5. The van der Waals surface area contributed by atoms with Crippen molar-refractivity contribution >= 4 is 22.2 Å². The molecule has 0 saturated carbocycles. The summed E-state index contributed by atoms with van der Waals surface area (Å²) in [5.74, 6) is 0.515. The summed E-state index contributed by atoms with van der Waals surface area (Å²) in [4.78, 5) is 10.3. The number of rotatable bonds is 6. The average molecular weight is 501 g/mol. The Bertz CT molecular complexity index is 1330. The summed E-state index contributed by atoms with van der Waals surface area (Å²) in [6.07, 6.45) is 1.80. The SMILES string of the molecule is COc1cc(Nc2nc3c(s2)CCCC3c2ccc(OC(F)(F)F)cc2)ccc1-n1cnc(C)c1. The lowest BCUT2D eigenvalue weighted by Gasteiger charge is -2.21. The van der Waals surface area contributed by atoms with Gasteiger partial charge in [0.05, 0.1) is 30.5 Å². The van der Waals surface area contributed by atoms with E-state index in [1.54, 1.807) is 36.9 Å². The van der Waals surface area contributed by atoms with E-state index in [1.807, 2.05) is 35.9 Å². The van der Waals surface area contributed by atoms with Crippen molar-refractivity contribution in [2.24, 2.45) is 0 Å². The minimum Gasteiger partial charge on any atom is -0.494 e. The monoisotopic (exact) mass is 500 g/mol. The molecule has 0 bridgehead atoms. The molecule has 0 fully saturated rings. The highest BCUT2D eigenvalue weighted by Gasteiger charge is 2.31. The third kappa shape index (κ3) is 5.12. The van der Waals surface area contributed by atoms with Gasteiger partial charge in [-0.3, -0.25) is 0 Å². The van der Waals surface area contributed by atoms with Crippen LogP contribution in [0.5, 0.6) is 11.5 Å². The van der Waals surface area contributed by atoms with Crippen LogP contribution in [-0.4, -0.2) is 28.0 Å². The molecule has 1 aliphatic carbocycles. The summed E-state index contributed by atoms with van der Waals surface area (Å²) in [5.41, 5.74) is 4.55. The minimum atomic E-state index is -4.70. The first-order valence-electron chi connectivity index (χ1n) is 11.1. The van der Waals surface area contributed by atoms with Crippen LogP contribution in [0.2, 0.25) is 0 Å². The summed E-state index contributed by atoms with van der Waals surface area (Å²) >= 11 is 1.61. The zero-order valence-electron chi connectivity index (χ0n) is 19.1. The number of nitrogens with zero attached hydrogens (tertiary/aromatic N) is 3. The van der Waals surface area contributed by atoms with E-state index in [2.05, 4.69) is 15.0 Å². The lowest BCUT2D eigenvalue weighted by Crippen LogP contribution is -2.17. The molecule has 0 spiro atoms. The first-order chi connectivity index (χ1) is 16.8. The van der Waals surface area contributed by atoms with Crippen LogP contribution in [0.3, 0.4) is 0 Å². The third-order valence-electron chi connectivity index (χ3n) is 5.89. The van der Waals surface area contributed by atoms with E-state index in [0.29, 0.717) is 5.75 Å². The number of nitrogens with one attached hydrogen (secondary N) is 1. The summed E-state index contributed by atoms with van der Waals surface area (Å²) in [6.45, 7) is 1.93. The zero-order chi connectivity index (χ0) is 24.6. The molecule has 0 amide bonds. The molecule has 1 unspecified atom stereocenters. The van der Waals surface area contributed by atoms with E-state index >= 15 is 0 Å². The highest BCUT2D eigenvalue weighted by molar-refractivity contribution is 7.15. The molecule has 182 valence electrons. The zero-order valence-corrected chi connectivity index (χ0v) is 19.9. The number of imidazole rings is 1. The Morgan fingerprint density at radius 3 is 2.63 bits per heavy atom. The number of aryl methyl sites for hydroxylation is 2. The third-order valence-corrected chi connectivity index (χ3v) is 6.94. The second-order valence-corrected chi connectivity index (χ2v) is 9.41. The van der Waals surface area contributed by atoms with Gasteiger partial charge in [-0.15, -0.1) is 24.5 Å². The number of hydrogen-bond acceptors (Lipinski definition) is 6. The molecular weight excluding hydrogens is 477 g/mol. The molecule has 0 aliphatic heterocycles. The standard InChI is InChI=1S/C25H23F3N4O2S/c1-15-13-32(14-29-15)20-11-8-17(12-21(20)33-2)30-24-31-23-19(4-3-5-22(23)35-24)16-6-9-18(10-7-16)34-25(26,27)28/h6-14,19H,3-5H2,1-2H3,(H,30,31). The Kier molecular flexibility index (Phi) is 6.14. The van der Waals surface area contributed by atoms with Crippen molar-refractivity contribution in [3.63, 3.8) is 0 Å². The van der Waals surface area contributed by atoms with Crippen LogP contribution in [0.15, 0.2) is 55.0 Å². The molecule has 35 heavy (non-hydrogen) atoms. The molecular formula is C25H23F3N4O2S. The molecule has 2 aromatic heterocycles. The lowest BCUT2D eigenvalue weighted by molar-refractivity contribution is -0.274. The van der Waals surface area contributed by atoms with Crippen molar-refractivity contribution in [2.75, 3.05) is 12.4 Å². The maximum Gasteiger partial charge on any atom is 0.573 e. The number of fused-ring (bicyclic) bond motifs is 1. The summed E-state index contributed by atoms with van der Waals surface area (Å²) in [6, 6.07) is 11.9. The number of thiazole rings is 1. The molecule has 10 heteroatoms. The van der Waals surface area contributed by atoms with Gasteiger partial charge in [-0.1, -0.05) is 12.1 Å². The van der Waals surface area contributed by atoms with Gasteiger partial charge in [-0.05, 0) is 56.0 Å². The molecule has 5 rings (SSSR count). The number of anilines is 2. The number of benzene rings is 2. The van der Waals surface area contributed by atoms with E-state index in [4.69, 9.17) is 9.72 Å². The second kappa shape index (κ2) is 9.26. The topological polar surface area (TPSA) is 61.2 Å². The fourth-order valence-corrected chi connectivity index (χ4v) is 5.43. The Morgan fingerprint density at radius 1 is 1.14 bits per heavy atom. The first kappa shape index (κ1) is 23.2. The first-order valence-corrected chi connectivity index (χ1v) is 11.9. The average Bonchev–Trinajstić information content (AvgIpc) is 3.44. The van der Waals surface area contributed by atoms with Crippen LogP contribution in [0.25, 0.3) is 5.69 Å². The van der Waals surface area contributed by atoms with Gasteiger partial charge in [0, 0.05) is 28.7 Å². The molecule has 1 atom stereocenters. The van der Waals surface area contributed by atoms with E-state index in [0.717, 1.165) is 52.7 Å². The molecule has 6 nitrogen and oxygen atoms in total. The predicted molar refractivity (Wildman–Crippen MR) is 128 cm³/mol. The van der Waals surface area contributed by atoms with Crippen molar-refractivity contribution in [3.05, 3.63) is 76.8 Å². The van der Waals surface area contributed by atoms with Crippen molar-refractivity contribution in [3.8, 4) is 17.2 Å². The second-order valence-electron chi connectivity index (χ2n) is 8.32. The number of alkyl halides is 3. The maximum atomic E-state index is 12.5. The highest BCUT2D eigenvalue weighted by Crippen LogP contribution is 2.41. The summed E-state index contributed by atoms with van der Waals surface area (Å²) < 4.78 is 49.0. The quantitative estimate of drug-likeness (QED) is 0.317. The smallest absolute Gasteiger partial charge is 0.494 e. The van der Waals surface area contributed by atoms with Crippen LogP contribution < -0.4 is 14.8 Å². The Morgan fingerprint density at radius 2 is 1.94 bits per heavy atom. The number of methoxy groups -OCH3 is 1. The predicted octanol–water partition coefficient (Wildman–Crippen LogP) is 6.76. The van der Waals surface area contributed by atoms with Crippen molar-refractivity contribution < 1.29 is 22.6 Å². The largest absolute Gasteiger partial charge is 0.573 e. The van der Waals surface area contributed by atoms with Crippen LogP contribution in [-0.2, 0) is 6.42 Å². The molecule has 2 heterocycles. The van der Waals surface area contributed by atoms with Crippen molar-refractivity contribution in [1.29, 1.82) is 0 Å². The molecule has 2 aromatic carbocycles. The van der Waals surface area contributed by atoms with Crippen LogP contribution >= 0.6 is 11.3 Å². The highest BCUT2D eigenvalue weighted by atomic mass is 32.1. The van der Waals surface area contributed by atoms with Crippen LogP contribution in [0, 0.1) is 6.92 Å². The van der Waals surface area contributed by atoms with Gasteiger partial charge >= 0.3 is 6.36 Å². The Labute approximate surface area is 204 Å². The molecule has 1 aliphatic rings. The van der Waals surface area contributed by atoms with Gasteiger partial charge in [0.25, 0.3) is 0 Å². The van der Waals surface area contributed by atoms with Gasteiger partial charge < -0.3 is 19.4 Å². The van der Waals surface area contributed by atoms with Gasteiger partial charge in [-0.2, -0.15) is 0 Å². The van der Waals surface area contributed by atoms with Gasteiger partial charge in [0.2, 0.25) is 0 Å². The number of aromatic nitrogens is 3. The van der Waals surface area contributed by atoms with E-state index < -0.39 is 6.36 Å². The van der Waals surface area contributed by atoms with Gasteiger partial charge in [0.15, 0.2) is 5.13 Å². The minimum absolute atomic E-state index is 0.0341. The van der Waals surface area contributed by atoms with Crippen molar-refractivity contribution in [1.82, 2.24) is 14.5 Å². The Hall–Kier alpha value is -3.53. The van der Waals surface area contributed by atoms with E-state index in [-0.39, 0.29) is 11.7 Å². The fraction of sp³-hybridized carbons (Fsp3) is 0.280. The summed E-state index contributed by atoms with van der Waals surface area (Å²) in [5, 5.41) is 4.15. The molecule has 4 aromatic rings. The lowest BCUT2D eigenvalue weighted by atomic mass is 9.85. The van der Waals surface area contributed by atoms with Crippen LogP contribution in [0.4, 0.5) is 24.0 Å². The molecule has 1 N–H and O–H groups in total. The van der Waals surface area contributed by atoms with Crippen LogP contribution in [0.1, 0.15) is 40.6 Å². The molecule has 0 radical (unpaired) electrons. The fourth-order valence-electron chi connectivity index (χ4n) is 4.34. The normalized spacial score (nSPS) is 15.5. The molecule has 0 saturated heterocycles. The summed E-state index contributed by atoms with van der Waals surface area (Å²) in [7, 11) is 1.63. The Balaban J connectivity index is 1.36. The van der Waals surface area contributed by atoms with Gasteiger partial charge in [-0.25, -0.2) is 9.97 Å². The van der Waals surface area contributed by atoms with E-state index in [1.165, 1.54) is 17.0 Å². The number of ether oxygens (including phenoxy) is 2. The number of hydrogen-bond donors (Lipinski definition) is 1. The number of halogens is 3.